The SMILES string of the molecule is CC(C)(C)c1nc(-c2cccc(NC(=O)Nc3cccc(Cl)c3)c2)c(-c2ccnc(N)n2)[nH]1. The number of imidazole rings is 1. The molecule has 0 aliphatic heterocycles. The second-order valence-electron chi connectivity index (χ2n) is 8.53. The Morgan fingerprint density at radius 1 is 1.00 bits per heavy atom. The summed E-state index contributed by atoms with van der Waals surface area (Å²) in [6.45, 7) is 6.23. The number of halogens is 1. The number of hydrogen-bond donors (Lipinski definition) is 4. The van der Waals surface area contributed by atoms with E-state index in [2.05, 4.69) is 46.4 Å². The molecule has 0 aliphatic carbocycles. The maximum Gasteiger partial charge on any atom is 0.323 e. The number of urea groups is 1. The van der Waals surface area contributed by atoms with Crippen LogP contribution < -0.4 is 16.4 Å². The molecular weight excluding hydrogens is 438 g/mol. The Labute approximate surface area is 196 Å². The highest BCUT2D eigenvalue weighted by Crippen LogP contribution is 2.33. The topological polar surface area (TPSA) is 122 Å². The molecule has 0 radical (unpaired) electrons. The summed E-state index contributed by atoms with van der Waals surface area (Å²) >= 11 is 5.99. The highest BCUT2D eigenvalue weighted by Gasteiger charge is 2.23. The largest absolute Gasteiger partial charge is 0.368 e. The number of aromatic nitrogens is 4. The quantitative estimate of drug-likeness (QED) is 0.310. The van der Waals surface area contributed by atoms with Crippen LogP contribution >= 0.6 is 11.6 Å². The van der Waals surface area contributed by atoms with E-state index in [-0.39, 0.29) is 17.4 Å². The van der Waals surface area contributed by atoms with Gasteiger partial charge in [-0.1, -0.05) is 50.6 Å². The molecule has 0 aliphatic rings. The number of nitrogen functional groups attached to an aromatic ring is 1. The lowest BCUT2D eigenvalue weighted by Crippen LogP contribution is -2.19. The summed E-state index contributed by atoms with van der Waals surface area (Å²) in [6, 6.07) is 15.8. The molecule has 4 rings (SSSR count). The van der Waals surface area contributed by atoms with Crippen LogP contribution in [0.2, 0.25) is 5.02 Å². The summed E-state index contributed by atoms with van der Waals surface area (Å²) in [7, 11) is 0. The van der Waals surface area contributed by atoms with Crippen LogP contribution in [0.15, 0.2) is 60.8 Å². The van der Waals surface area contributed by atoms with Gasteiger partial charge in [0.1, 0.15) is 5.82 Å². The number of nitrogens with zero attached hydrogens (tertiary/aromatic N) is 3. The van der Waals surface area contributed by atoms with Crippen molar-refractivity contribution in [2.45, 2.75) is 26.2 Å². The standard InChI is InChI=1S/C24H24ClN7O/c1-24(2,3)21-31-19(20(32-21)18-10-11-27-22(26)30-18)14-6-4-8-16(12-14)28-23(33)29-17-9-5-7-15(25)13-17/h4-13H,1-3H3,(H,31,32)(H2,26,27,30)(H2,28,29,33). The van der Waals surface area contributed by atoms with Crippen LogP contribution in [0.25, 0.3) is 22.6 Å². The number of amides is 2. The normalized spacial score (nSPS) is 11.3. The Morgan fingerprint density at radius 2 is 1.70 bits per heavy atom. The lowest BCUT2D eigenvalue weighted by Gasteiger charge is -2.14. The molecule has 0 atom stereocenters. The van der Waals surface area contributed by atoms with Crippen LogP contribution in [-0.2, 0) is 5.41 Å². The van der Waals surface area contributed by atoms with Crippen LogP contribution in [0.1, 0.15) is 26.6 Å². The van der Waals surface area contributed by atoms with Gasteiger partial charge in [-0.2, -0.15) is 0 Å². The van der Waals surface area contributed by atoms with Crippen molar-refractivity contribution < 1.29 is 4.79 Å². The number of aromatic amines is 1. The Balaban J connectivity index is 1.66. The predicted octanol–water partition coefficient (Wildman–Crippen LogP) is 5.71. The van der Waals surface area contributed by atoms with Crippen molar-refractivity contribution in [2.24, 2.45) is 0 Å². The number of anilines is 3. The Kier molecular flexibility index (Phi) is 6.02. The number of carbonyl (C=O) groups excluding carboxylic acids is 1. The fraction of sp³-hybridized carbons (Fsp3) is 0.167. The van der Waals surface area contributed by atoms with Gasteiger partial charge < -0.3 is 21.4 Å². The molecule has 33 heavy (non-hydrogen) atoms. The lowest BCUT2D eigenvalue weighted by atomic mass is 9.96. The zero-order valence-electron chi connectivity index (χ0n) is 18.5. The van der Waals surface area contributed by atoms with Crippen molar-refractivity contribution in [1.29, 1.82) is 0 Å². The van der Waals surface area contributed by atoms with E-state index in [1.54, 1.807) is 42.6 Å². The number of hydrogen-bond acceptors (Lipinski definition) is 5. The third-order valence-electron chi connectivity index (χ3n) is 4.82. The third kappa shape index (κ3) is 5.30. The van der Waals surface area contributed by atoms with E-state index in [1.807, 2.05) is 18.2 Å². The highest BCUT2D eigenvalue weighted by molar-refractivity contribution is 6.30. The molecule has 2 aromatic heterocycles. The number of nitrogens with two attached hydrogens (primary N) is 1. The van der Waals surface area contributed by atoms with Crippen molar-refractivity contribution in [3.05, 3.63) is 71.6 Å². The minimum absolute atomic E-state index is 0.179. The minimum atomic E-state index is -0.379. The first-order valence-electron chi connectivity index (χ1n) is 10.3. The summed E-state index contributed by atoms with van der Waals surface area (Å²) in [4.78, 5) is 29.1. The predicted molar refractivity (Wildman–Crippen MR) is 132 cm³/mol. The van der Waals surface area contributed by atoms with Gasteiger partial charge in [-0.25, -0.2) is 19.7 Å². The van der Waals surface area contributed by atoms with Gasteiger partial charge in [0, 0.05) is 33.6 Å². The molecule has 0 fully saturated rings. The van der Waals surface area contributed by atoms with Crippen LogP contribution in [0, 0.1) is 0 Å². The van der Waals surface area contributed by atoms with E-state index in [1.165, 1.54) is 0 Å². The van der Waals surface area contributed by atoms with Crippen LogP contribution in [0.3, 0.4) is 0 Å². The molecule has 8 nitrogen and oxygen atoms in total. The second-order valence-corrected chi connectivity index (χ2v) is 8.97. The highest BCUT2D eigenvalue weighted by atomic mass is 35.5. The molecular formula is C24H24ClN7O. The maximum absolute atomic E-state index is 12.5. The molecule has 0 saturated carbocycles. The maximum atomic E-state index is 12.5. The van der Waals surface area contributed by atoms with Crippen molar-refractivity contribution >= 4 is 35.0 Å². The monoisotopic (exact) mass is 461 g/mol. The molecule has 2 amide bonds. The summed E-state index contributed by atoms with van der Waals surface area (Å²) in [6.07, 6.45) is 1.61. The number of H-pyrrole nitrogens is 1. The molecule has 0 unspecified atom stereocenters. The van der Waals surface area contributed by atoms with Gasteiger partial charge in [0.2, 0.25) is 5.95 Å². The first kappa shape index (κ1) is 22.3. The zero-order chi connectivity index (χ0) is 23.6. The number of rotatable bonds is 4. The third-order valence-corrected chi connectivity index (χ3v) is 5.06. The van der Waals surface area contributed by atoms with Crippen molar-refractivity contribution in [1.82, 2.24) is 19.9 Å². The van der Waals surface area contributed by atoms with E-state index in [4.69, 9.17) is 22.3 Å². The van der Waals surface area contributed by atoms with Gasteiger partial charge in [0.05, 0.1) is 17.1 Å². The molecule has 4 aromatic rings. The molecule has 2 heterocycles. The average Bonchev–Trinajstić information content (AvgIpc) is 3.20. The van der Waals surface area contributed by atoms with Gasteiger partial charge in [-0.15, -0.1) is 0 Å². The molecule has 5 N–H and O–H groups in total. The number of carbonyl (C=O) groups is 1. The fourth-order valence-corrected chi connectivity index (χ4v) is 3.43. The Bertz CT molecular complexity index is 1310. The van der Waals surface area contributed by atoms with Crippen molar-refractivity contribution in [3.8, 4) is 22.6 Å². The van der Waals surface area contributed by atoms with Crippen LogP contribution in [0.4, 0.5) is 22.1 Å². The smallest absolute Gasteiger partial charge is 0.323 e. The van der Waals surface area contributed by atoms with Gasteiger partial charge in [0.15, 0.2) is 0 Å². The van der Waals surface area contributed by atoms with E-state index in [0.29, 0.717) is 27.8 Å². The second kappa shape index (κ2) is 8.91. The first-order valence-corrected chi connectivity index (χ1v) is 10.7. The summed E-state index contributed by atoms with van der Waals surface area (Å²) in [5.41, 5.74) is 9.70. The minimum Gasteiger partial charge on any atom is -0.368 e. The van der Waals surface area contributed by atoms with Gasteiger partial charge in [0.25, 0.3) is 0 Å². The zero-order valence-corrected chi connectivity index (χ0v) is 19.2. The van der Waals surface area contributed by atoms with Crippen LogP contribution in [-0.4, -0.2) is 26.0 Å². The number of nitrogens with one attached hydrogen (secondary N) is 3. The van der Waals surface area contributed by atoms with E-state index in [9.17, 15) is 4.79 Å². The van der Waals surface area contributed by atoms with Gasteiger partial charge in [-0.05, 0) is 36.4 Å². The summed E-state index contributed by atoms with van der Waals surface area (Å²) in [5.74, 6) is 0.986. The Morgan fingerprint density at radius 3 is 2.36 bits per heavy atom. The molecule has 0 saturated heterocycles. The average molecular weight is 462 g/mol. The van der Waals surface area contributed by atoms with E-state index >= 15 is 0 Å². The fourth-order valence-electron chi connectivity index (χ4n) is 3.24. The molecule has 0 spiro atoms. The van der Waals surface area contributed by atoms with E-state index in [0.717, 1.165) is 17.1 Å². The van der Waals surface area contributed by atoms with Crippen molar-refractivity contribution in [3.63, 3.8) is 0 Å². The van der Waals surface area contributed by atoms with Gasteiger partial charge in [-0.3, -0.25) is 0 Å². The molecule has 9 heteroatoms. The summed E-state index contributed by atoms with van der Waals surface area (Å²) < 4.78 is 0. The Hall–Kier alpha value is -3.91. The first-order chi connectivity index (χ1) is 15.7. The van der Waals surface area contributed by atoms with Crippen molar-refractivity contribution in [2.75, 3.05) is 16.4 Å². The van der Waals surface area contributed by atoms with E-state index < -0.39 is 0 Å². The lowest BCUT2D eigenvalue weighted by molar-refractivity contribution is 0.262. The molecule has 0 bridgehead atoms. The van der Waals surface area contributed by atoms with Crippen LogP contribution in [0.5, 0.6) is 0 Å². The molecule has 168 valence electrons. The molecule has 2 aromatic carbocycles. The summed E-state index contributed by atoms with van der Waals surface area (Å²) in [5, 5.41) is 6.16. The number of benzene rings is 2. The van der Waals surface area contributed by atoms with Gasteiger partial charge >= 0.3 is 6.03 Å².